The van der Waals surface area contributed by atoms with Crippen molar-refractivity contribution in [3.63, 3.8) is 0 Å². The van der Waals surface area contributed by atoms with Crippen LogP contribution in [0, 0.1) is 19.8 Å². The van der Waals surface area contributed by atoms with Crippen LogP contribution in [-0.4, -0.2) is 46.5 Å². The highest BCUT2D eigenvalue weighted by atomic mass is 16.2. The highest BCUT2D eigenvalue weighted by Gasteiger charge is 2.46. The van der Waals surface area contributed by atoms with Crippen LogP contribution in [0.1, 0.15) is 86.6 Å². The minimum absolute atomic E-state index is 0.276. The van der Waals surface area contributed by atoms with Crippen LogP contribution in [0.3, 0.4) is 0 Å². The summed E-state index contributed by atoms with van der Waals surface area (Å²) in [6, 6.07) is 18.1. The molecule has 0 spiro atoms. The number of fused-ring (bicyclic) bond motifs is 2. The lowest BCUT2D eigenvalue weighted by Gasteiger charge is -2.50. The second-order valence-corrected chi connectivity index (χ2v) is 13.8. The summed E-state index contributed by atoms with van der Waals surface area (Å²) in [5, 5.41) is 4.95. The zero-order valence-corrected chi connectivity index (χ0v) is 26.7. The van der Waals surface area contributed by atoms with E-state index in [4.69, 9.17) is 0 Å². The molecule has 43 heavy (non-hydrogen) atoms. The molecule has 1 saturated heterocycles. The Hall–Kier alpha value is -3.44. The lowest BCUT2D eigenvalue weighted by Crippen LogP contribution is -2.61. The highest BCUT2D eigenvalue weighted by molar-refractivity contribution is 5.95. The maximum Gasteiger partial charge on any atom is 0.232 e. The van der Waals surface area contributed by atoms with Crippen LogP contribution in [0.5, 0.6) is 0 Å². The van der Waals surface area contributed by atoms with Gasteiger partial charge in [-0.25, -0.2) is 0 Å². The number of carbonyl (C=O) groups is 1. The first kappa shape index (κ1) is 29.6. The van der Waals surface area contributed by atoms with E-state index >= 15 is 0 Å². The first-order chi connectivity index (χ1) is 20.7. The molecular weight excluding hydrogens is 528 g/mol. The lowest BCUT2D eigenvalue weighted by atomic mass is 9.77. The maximum absolute atomic E-state index is 14.1. The molecule has 226 valence electrons. The van der Waals surface area contributed by atoms with E-state index in [9.17, 15) is 4.79 Å². The fourth-order valence-corrected chi connectivity index (χ4v) is 7.62. The summed E-state index contributed by atoms with van der Waals surface area (Å²) in [6.07, 6.45) is 11.0. The van der Waals surface area contributed by atoms with E-state index in [1.807, 2.05) is 12.4 Å². The van der Waals surface area contributed by atoms with Gasteiger partial charge in [-0.1, -0.05) is 49.4 Å². The number of aromatic amines is 1. The summed E-state index contributed by atoms with van der Waals surface area (Å²) in [6.45, 7) is 13.6. The molecule has 2 N–H and O–H groups in total. The number of hydrogen-bond acceptors (Lipinski definition) is 3. The van der Waals surface area contributed by atoms with Crippen LogP contribution in [0.2, 0.25) is 0 Å². The third-order valence-electron chi connectivity index (χ3n) is 10.1. The minimum Gasteiger partial charge on any atom is -0.354 e. The van der Waals surface area contributed by atoms with Crippen molar-refractivity contribution in [1.29, 1.82) is 0 Å². The number of amides is 1. The molecule has 2 aromatic heterocycles. The summed E-state index contributed by atoms with van der Waals surface area (Å²) < 4.78 is 0. The fourth-order valence-electron chi connectivity index (χ4n) is 7.62. The third kappa shape index (κ3) is 6.02. The number of nitrogens with one attached hydrogen (secondary N) is 2. The first-order valence-electron chi connectivity index (χ1n) is 16.4. The molecular formula is C38H48N4O. The summed E-state index contributed by atoms with van der Waals surface area (Å²) in [5.41, 5.74) is 9.23. The topological polar surface area (TPSA) is 61.0 Å². The van der Waals surface area contributed by atoms with Crippen molar-refractivity contribution >= 4 is 16.8 Å². The van der Waals surface area contributed by atoms with E-state index in [2.05, 4.69) is 103 Å². The van der Waals surface area contributed by atoms with Crippen LogP contribution in [0.4, 0.5) is 0 Å². The highest BCUT2D eigenvalue weighted by Crippen LogP contribution is 2.42. The minimum atomic E-state index is -0.577. The van der Waals surface area contributed by atoms with Crippen molar-refractivity contribution in [3.05, 3.63) is 88.7 Å². The van der Waals surface area contributed by atoms with Gasteiger partial charge in [0, 0.05) is 42.4 Å². The van der Waals surface area contributed by atoms with Crippen LogP contribution in [0.15, 0.2) is 60.9 Å². The predicted molar refractivity (Wildman–Crippen MR) is 178 cm³/mol. The van der Waals surface area contributed by atoms with Crippen molar-refractivity contribution < 1.29 is 4.79 Å². The summed E-state index contributed by atoms with van der Waals surface area (Å²) in [7, 11) is 0. The van der Waals surface area contributed by atoms with E-state index in [1.165, 1.54) is 71.0 Å². The van der Waals surface area contributed by atoms with Gasteiger partial charge in [0.05, 0.1) is 11.1 Å². The normalized spacial score (nSPS) is 19.5. The largest absolute Gasteiger partial charge is 0.354 e. The molecule has 5 heteroatoms. The molecule has 2 aliphatic rings. The van der Waals surface area contributed by atoms with Crippen molar-refractivity contribution in [2.45, 2.75) is 90.5 Å². The Kier molecular flexibility index (Phi) is 8.46. The quantitative estimate of drug-likeness (QED) is 0.200. The second kappa shape index (κ2) is 12.3. The van der Waals surface area contributed by atoms with E-state index < -0.39 is 5.41 Å². The maximum atomic E-state index is 14.1. The molecule has 2 unspecified atom stereocenters. The number of rotatable bonds is 9. The number of aryl methyl sites for hydroxylation is 2. The van der Waals surface area contributed by atoms with Crippen molar-refractivity contribution in [2.24, 2.45) is 5.92 Å². The Bertz CT molecular complexity index is 1570. The molecule has 3 heterocycles. The molecule has 1 aliphatic carbocycles. The Morgan fingerprint density at radius 2 is 1.77 bits per heavy atom. The first-order valence-corrected chi connectivity index (χ1v) is 16.4. The zero-order valence-electron chi connectivity index (χ0n) is 26.7. The van der Waals surface area contributed by atoms with Gasteiger partial charge in [-0.05, 0) is 124 Å². The molecule has 5 nitrogen and oxygen atoms in total. The van der Waals surface area contributed by atoms with E-state index in [1.54, 1.807) is 0 Å². The van der Waals surface area contributed by atoms with E-state index in [-0.39, 0.29) is 11.8 Å². The Labute approximate surface area is 257 Å². The summed E-state index contributed by atoms with van der Waals surface area (Å²) in [5.74, 6) is 1.26. The van der Waals surface area contributed by atoms with Crippen LogP contribution < -0.4 is 5.32 Å². The van der Waals surface area contributed by atoms with Crippen molar-refractivity contribution in [1.82, 2.24) is 20.2 Å². The Morgan fingerprint density at radius 1 is 1.02 bits per heavy atom. The van der Waals surface area contributed by atoms with Gasteiger partial charge < -0.3 is 15.2 Å². The molecule has 1 amide bonds. The van der Waals surface area contributed by atoms with Gasteiger partial charge in [0.2, 0.25) is 5.91 Å². The van der Waals surface area contributed by atoms with Crippen LogP contribution in [0.25, 0.3) is 22.2 Å². The molecule has 0 radical (unpaired) electrons. The standard InChI is InChI=1S/C38H48N4O/c1-25-19-26(2)21-30(20-25)36-35(27(3)23-40-18-15-28-13-16-39-17-14-28)32-22-31(11-12-33(32)41-36)38(4,5)37(43)42-24-29-9-7-6-8-10-34(29)42/h11-14,16-17,19-22,27,29,34,40-41H,6-10,15,18,23-24H2,1-5H3/t27-,29?,34?/m1/s1. The third-order valence-corrected chi connectivity index (χ3v) is 10.1. The smallest absolute Gasteiger partial charge is 0.232 e. The summed E-state index contributed by atoms with van der Waals surface area (Å²) >= 11 is 0. The predicted octanol–water partition coefficient (Wildman–Crippen LogP) is 7.85. The number of hydrogen-bond donors (Lipinski definition) is 2. The lowest BCUT2D eigenvalue weighted by molar-refractivity contribution is -0.149. The average molecular weight is 577 g/mol. The van der Waals surface area contributed by atoms with Crippen molar-refractivity contribution in [3.8, 4) is 11.3 Å². The van der Waals surface area contributed by atoms with Gasteiger partial charge in [0.25, 0.3) is 0 Å². The van der Waals surface area contributed by atoms with Gasteiger partial charge >= 0.3 is 0 Å². The van der Waals surface area contributed by atoms with Crippen LogP contribution >= 0.6 is 0 Å². The number of pyridine rings is 1. The molecule has 2 aromatic carbocycles. The number of likely N-dealkylation sites (tertiary alicyclic amines) is 1. The van der Waals surface area contributed by atoms with E-state index in [0.29, 0.717) is 12.0 Å². The summed E-state index contributed by atoms with van der Waals surface area (Å²) in [4.78, 5) is 24.2. The number of H-pyrrole nitrogens is 1. The molecule has 6 rings (SSSR count). The molecule has 0 bridgehead atoms. The monoisotopic (exact) mass is 576 g/mol. The van der Waals surface area contributed by atoms with Gasteiger partial charge in [0.15, 0.2) is 0 Å². The Morgan fingerprint density at radius 3 is 2.53 bits per heavy atom. The van der Waals surface area contributed by atoms with Gasteiger partial charge in [-0.15, -0.1) is 0 Å². The van der Waals surface area contributed by atoms with Gasteiger partial charge in [0.1, 0.15) is 0 Å². The molecule has 3 atom stereocenters. The number of nitrogens with zero attached hydrogens (tertiary/aromatic N) is 2. The molecule has 4 aromatic rings. The molecule has 1 saturated carbocycles. The average Bonchev–Trinajstić information content (AvgIpc) is 3.27. The number of carbonyl (C=O) groups excluding carboxylic acids is 1. The number of benzene rings is 2. The van der Waals surface area contributed by atoms with Gasteiger partial charge in [-0.2, -0.15) is 0 Å². The fraction of sp³-hybridized carbons (Fsp3) is 0.474. The van der Waals surface area contributed by atoms with Crippen LogP contribution in [-0.2, 0) is 16.6 Å². The molecule has 1 aliphatic heterocycles. The van der Waals surface area contributed by atoms with Crippen molar-refractivity contribution in [2.75, 3.05) is 19.6 Å². The van der Waals surface area contributed by atoms with E-state index in [0.717, 1.165) is 37.1 Å². The Balaban J connectivity index is 1.31. The second-order valence-electron chi connectivity index (χ2n) is 13.8. The zero-order chi connectivity index (χ0) is 30.1. The number of aromatic nitrogens is 2. The van der Waals surface area contributed by atoms with Gasteiger partial charge in [-0.3, -0.25) is 9.78 Å². The SMILES string of the molecule is Cc1cc(C)cc(-c2[nH]c3ccc(C(C)(C)C(=O)N4CC5CCCCCC54)cc3c2[C@H](C)CNCCc2ccncc2)c1. The molecule has 2 fully saturated rings.